The van der Waals surface area contributed by atoms with Gasteiger partial charge in [0, 0.05) is 11.6 Å². The van der Waals surface area contributed by atoms with Crippen LogP contribution < -0.4 is 4.74 Å². The van der Waals surface area contributed by atoms with Crippen molar-refractivity contribution in [2.75, 3.05) is 0 Å². The highest BCUT2D eigenvalue weighted by Gasteiger charge is 2.09. The van der Waals surface area contributed by atoms with E-state index in [1.165, 1.54) is 12.1 Å². The first kappa shape index (κ1) is 13.8. The van der Waals surface area contributed by atoms with Gasteiger partial charge in [0.1, 0.15) is 23.6 Å². The van der Waals surface area contributed by atoms with Crippen LogP contribution in [0.1, 0.15) is 27.0 Å². The van der Waals surface area contributed by atoms with Gasteiger partial charge in [0.05, 0.1) is 11.6 Å². The van der Waals surface area contributed by atoms with Gasteiger partial charge in [-0.1, -0.05) is 0 Å². The molecule has 0 bridgehead atoms. The second kappa shape index (κ2) is 5.54. The molecule has 0 saturated carbocycles. The Morgan fingerprint density at radius 2 is 1.80 bits per heavy atom. The molecule has 0 aliphatic heterocycles. The van der Waals surface area contributed by atoms with Crippen LogP contribution in [0.15, 0.2) is 30.3 Å². The fraction of sp³-hybridized carbons (Fsp3) is 0.125. The Kier molecular flexibility index (Phi) is 3.81. The second-order valence-corrected chi connectivity index (χ2v) is 4.49. The first-order valence-corrected chi connectivity index (χ1v) is 5.98. The highest BCUT2D eigenvalue weighted by molar-refractivity contribution is 5.75. The minimum atomic E-state index is -0.534. The number of carbonyl (C=O) groups excluding carboxylic acids is 1. The van der Waals surface area contributed by atoms with Crippen LogP contribution in [0.4, 0.5) is 4.39 Å². The number of benzene rings is 2. The Balaban J connectivity index is 2.43. The van der Waals surface area contributed by atoms with Crippen molar-refractivity contribution in [3.63, 3.8) is 0 Å². The highest BCUT2D eigenvalue weighted by atomic mass is 19.1. The van der Waals surface area contributed by atoms with E-state index in [9.17, 15) is 9.18 Å². The zero-order valence-electron chi connectivity index (χ0n) is 11.1. The average Bonchev–Trinajstić information content (AvgIpc) is 2.41. The van der Waals surface area contributed by atoms with E-state index in [-0.39, 0.29) is 11.3 Å². The lowest BCUT2D eigenvalue weighted by atomic mass is 10.1. The predicted molar refractivity (Wildman–Crippen MR) is 72.5 cm³/mol. The van der Waals surface area contributed by atoms with Crippen LogP contribution >= 0.6 is 0 Å². The fourth-order valence-corrected chi connectivity index (χ4v) is 2.01. The number of halogens is 1. The lowest BCUT2D eigenvalue weighted by Crippen LogP contribution is -1.94. The topological polar surface area (TPSA) is 50.1 Å². The van der Waals surface area contributed by atoms with Crippen molar-refractivity contribution >= 4 is 6.29 Å². The molecule has 0 aromatic heterocycles. The molecule has 0 unspecified atom stereocenters. The molecule has 100 valence electrons. The highest BCUT2D eigenvalue weighted by Crippen LogP contribution is 2.30. The van der Waals surface area contributed by atoms with Gasteiger partial charge in [-0.25, -0.2) is 4.39 Å². The summed E-state index contributed by atoms with van der Waals surface area (Å²) >= 11 is 0. The molecular weight excluding hydrogens is 257 g/mol. The third kappa shape index (κ3) is 2.83. The van der Waals surface area contributed by atoms with E-state index in [1.54, 1.807) is 12.1 Å². The zero-order valence-corrected chi connectivity index (χ0v) is 11.1. The van der Waals surface area contributed by atoms with Crippen molar-refractivity contribution in [3.05, 3.63) is 58.4 Å². The molecule has 0 saturated heterocycles. The Morgan fingerprint density at radius 3 is 2.35 bits per heavy atom. The van der Waals surface area contributed by atoms with Gasteiger partial charge >= 0.3 is 0 Å². The van der Waals surface area contributed by atoms with Gasteiger partial charge in [-0.15, -0.1) is 0 Å². The third-order valence-electron chi connectivity index (χ3n) is 2.84. The molecule has 0 spiro atoms. The summed E-state index contributed by atoms with van der Waals surface area (Å²) in [5, 5.41) is 8.89. The van der Waals surface area contributed by atoms with Crippen LogP contribution in [0.3, 0.4) is 0 Å². The van der Waals surface area contributed by atoms with Crippen molar-refractivity contribution in [1.82, 2.24) is 0 Å². The summed E-state index contributed by atoms with van der Waals surface area (Å²) in [6.45, 7) is 3.62. The number of ether oxygens (including phenoxy) is 1. The maximum absolute atomic E-state index is 13.4. The normalized spacial score (nSPS) is 9.90. The van der Waals surface area contributed by atoms with Crippen LogP contribution in [0.2, 0.25) is 0 Å². The first-order valence-electron chi connectivity index (χ1n) is 5.98. The first-order chi connectivity index (χ1) is 9.53. The van der Waals surface area contributed by atoms with Gasteiger partial charge < -0.3 is 4.74 Å². The maximum Gasteiger partial charge on any atom is 0.150 e. The number of rotatable bonds is 3. The lowest BCUT2D eigenvalue weighted by molar-refractivity contribution is 0.112. The lowest BCUT2D eigenvalue weighted by Gasteiger charge is -2.12. The van der Waals surface area contributed by atoms with Crippen LogP contribution in [-0.2, 0) is 0 Å². The van der Waals surface area contributed by atoms with E-state index in [2.05, 4.69) is 6.07 Å². The summed E-state index contributed by atoms with van der Waals surface area (Å²) in [6.07, 6.45) is 0.564. The zero-order chi connectivity index (χ0) is 14.7. The molecule has 2 rings (SSSR count). The molecular formula is C16H12FNO2. The van der Waals surface area contributed by atoms with Crippen molar-refractivity contribution in [3.8, 4) is 17.6 Å². The van der Waals surface area contributed by atoms with Gasteiger partial charge in [-0.05, 0) is 49.2 Å². The van der Waals surface area contributed by atoms with Gasteiger partial charge in [-0.3, -0.25) is 4.79 Å². The summed E-state index contributed by atoms with van der Waals surface area (Å²) in [5.74, 6) is 0.281. The monoisotopic (exact) mass is 269 g/mol. The molecule has 0 amide bonds. The van der Waals surface area contributed by atoms with Gasteiger partial charge in [0.25, 0.3) is 0 Å². The maximum atomic E-state index is 13.4. The van der Waals surface area contributed by atoms with Crippen LogP contribution in [0.5, 0.6) is 11.5 Å². The molecule has 0 heterocycles. The number of aryl methyl sites for hydroxylation is 2. The molecule has 0 fully saturated rings. The molecule has 20 heavy (non-hydrogen) atoms. The van der Waals surface area contributed by atoms with E-state index < -0.39 is 5.82 Å². The Labute approximate surface area is 116 Å². The van der Waals surface area contributed by atoms with Crippen LogP contribution in [0, 0.1) is 31.0 Å². The minimum Gasteiger partial charge on any atom is -0.457 e. The standard InChI is InChI=1S/C16H12FNO2/c1-10-3-12(8-18)4-11(2)16(10)20-15-6-13(9-19)5-14(17)7-15/h3-7,9H,1-2H3. The molecule has 2 aromatic carbocycles. The van der Waals surface area contributed by atoms with E-state index >= 15 is 0 Å². The molecule has 0 aliphatic rings. The number of nitrogens with zero attached hydrogens (tertiary/aromatic N) is 1. The summed E-state index contributed by atoms with van der Waals surface area (Å²) in [4.78, 5) is 10.7. The fourth-order valence-electron chi connectivity index (χ4n) is 2.01. The smallest absolute Gasteiger partial charge is 0.150 e. The molecule has 4 heteroatoms. The van der Waals surface area contributed by atoms with Crippen LogP contribution in [-0.4, -0.2) is 6.29 Å². The van der Waals surface area contributed by atoms with E-state index in [0.717, 1.165) is 17.2 Å². The number of nitriles is 1. The van der Waals surface area contributed by atoms with Gasteiger partial charge in [-0.2, -0.15) is 5.26 Å². The molecule has 2 aromatic rings. The quantitative estimate of drug-likeness (QED) is 0.793. The third-order valence-corrected chi connectivity index (χ3v) is 2.84. The van der Waals surface area contributed by atoms with Crippen molar-refractivity contribution < 1.29 is 13.9 Å². The predicted octanol–water partition coefficient (Wildman–Crippen LogP) is 3.92. The molecule has 3 nitrogen and oxygen atoms in total. The van der Waals surface area contributed by atoms with E-state index in [4.69, 9.17) is 10.00 Å². The summed E-state index contributed by atoms with van der Waals surface area (Å²) in [7, 11) is 0. The number of carbonyl (C=O) groups is 1. The van der Waals surface area contributed by atoms with Crippen molar-refractivity contribution in [2.45, 2.75) is 13.8 Å². The Bertz CT molecular complexity index is 694. The van der Waals surface area contributed by atoms with Crippen LogP contribution in [0.25, 0.3) is 0 Å². The van der Waals surface area contributed by atoms with Gasteiger partial charge in [0.15, 0.2) is 0 Å². The Morgan fingerprint density at radius 1 is 1.15 bits per heavy atom. The van der Waals surface area contributed by atoms with Crippen molar-refractivity contribution in [1.29, 1.82) is 5.26 Å². The number of hydrogen-bond acceptors (Lipinski definition) is 3. The number of hydrogen-bond donors (Lipinski definition) is 0. The van der Waals surface area contributed by atoms with E-state index in [1.807, 2.05) is 13.8 Å². The van der Waals surface area contributed by atoms with Crippen molar-refractivity contribution in [2.24, 2.45) is 0 Å². The SMILES string of the molecule is Cc1cc(C#N)cc(C)c1Oc1cc(F)cc(C=O)c1. The summed E-state index contributed by atoms with van der Waals surface area (Å²) < 4.78 is 19.0. The molecule has 0 aliphatic carbocycles. The molecule has 0 radical (unpaired) electrons. The molecule has 0 atom stereocenters. The summed E-state index contributed by atoms with van der Waals surface area (Å²) in [6, 6.07) is 9.27. The minimum absolute atomic E-state index is 0.212. The number of aldehydes is 1. The van der Waals surface area contributed by atoms with Gasteiger partial charge in [0.2, 0.25) is 0 Å². The molecule has 0 N–H and O–H groups in total. The Hall–Kier alpha value is -2.67. The summed E-state index contributed by atoms with van der Waals surface area (Å²) in [5.41, 5.74) is 2.31. The average molecular weight is 269 g/mol. The van der Waals surface area contributed by atoms with E-state index in [0.29, 0.717) is 17.6 Å². The largest absolute Gasteiger partial charge is 0.457 e. The second-order valence-electron chi connectivity index (χ2n) is 4.49.